The van der Waals surface area contributed by atoms with Crippen molar-refractivity contribution in [1.82, 2.24) is 18.3 Å². The third-order valence-electron chi connectivity index (χ3n) is 13.5. The van der Waals surface area contributed by atoms with Gasteiger partial charge in [0.25, 0.3) is 0 Å². The molecule has 0 unspecified atom stereocenters. The standard InChI is InChI=1S/C60H38N4/c1-5-17-41(18-6-1)61-53-27-15-13-25-45(53)49-35-51-47-33-39(29-31-55(47)63(59(51)37-57(49)61)43-21-9-3-10-22-43)40-30-32-56-48(34-40)52-36-50-46-26-14-16-28-54(46)62(42-19-7-2-8-20-42)58(50)38-60(52)64(56)44-23-11-4-12-24-44/h1-38H. The smallest absolute Gasteiger partial charge is 0.0562 e. The van der Waals surface area contributed by atoms with Crippen LogP contribution in [-0.2, 0) is 0 Å². The lowest BCUT2D eigenvalue weighted by Gasteiger charge is -2.10. The van der Waals surface area contributed by atoms with Crippen LogP contribution in [0.1, 0.15) is 0 Å². The van der Waals surface area contributed by atoms with Gasteiger partial charge in [-0.1, -0.05) is 121 Å². The average molecular weight is 815 g/mol. The first-order valence-corrected chi connectivity index (χ1v) is 22.0. The van der Waals surface area contributed by atoms with Crippen LogP contribution in [0, 0.1) is 0 Å². The summed E-state index contributed by atoms with van der Waals surface area (Å²) in [6.45, 7) is 0. The van der Waals surface area contributed by atoms with Gasteiger partial charge in [-0.15, -0.1) is 0 Å². The van der Waals surface area contributed by atoms with Crippen LogP contribution in [0.25, 0.3) is 121 Å². The first kappa shape index (κ1) is 35.0. The Labute approximate surface area is 368 Å². The molecule has 0 spiro atoms. The van der Waals surface area contributed by atoms with Gasteiger partial charge in [0, 0.05) is 65.8 Å². The number of hydrogen-bond donors (Lipinski definition) is 0. The summed E-state index contributed by atoms with van der Waals surface area (Å²) in [7, 11) is 0. The first-order valence-electron chi connectivity index (χ1n) is 22.0. The molecule has 0 saturated heterocycles. The monoisotopic (exact) mass is 814 g/mol. The molecule has 0 fully saturated rings. The van der Waals surface area contributed by atoms with Crippen LogP contribution in [0.2, 0.25) is 0 Å². The van der Waals surface area contributed by atoms with Crippen molar-refractivity contribution >= 4 is 87.2 Å². The van der Waals surface area contributed by atoms with Gasteiger partial charge in [0.2, 0.25) is 0 Å². The molecule has 0 atom stereocenters. The number of para-hydroxylation sites is 6. The van der Waals surface area contributed by atoms with E-state index in [-0.39, 0.29) is 0 Å². The normalized spacial score (nSPS) is 12.1. The second-order valence-electron chi connectivity index (χ2n) is 17.0. The van der Waals surface area contributed by atoms with Gasteiger partial charge in [-0.2, -0.15) is 0 Å². The molecule has 0 bridgehead atoms. The maximum atomic E-state index is 2.44. The lowest BCUT2D eigenvalue weighted by atomic mass is 10.00. The molecule has 0 aliphatic heterocycles. The second-order valence-corrected chi connectivity index (χ2v) is 17.0. The molecule has 10 aromatic carbocycles. The predicted molar refractivity (Wildman–Crippen MR) is 269 cm³/mol. The average Bonchev–Trinajstić information content (AvgIpc) is 4.07. The van der Waals surface area contributed by atoms with Crippen molar-refractivity contribution in [2.75, 3.05) is 0 Å². The maximum absolute atomic E-state index is 2.44. The maximum Gasteiger partial charge on any atom is 0.0562 e. The van der Waals surface area contributed by atoms with Crippen LogP contribution in [0.3, 0.4) is 0 Å². The first-order chi connectivity index (χ1) is 31.8. The Morgan fingerprint density at radius 3 is 0.781 bits per heavy atom. The molecule has 4 heterocycles. The summed E-state index contributed by atoms with van der Waals surface area (Å²) in [6, 6.07) is 84.5. The highest BCUT2D eigenvalue weighted by atomic mass is 15.0. The zero-order chi connectivity index (χ0) is 41.9. The molecule has 14 rings (SSSR count). The van der Waals surface area contributed by atoms with E-state index in [0.29, 0.717) is 0 Å². The van der Waals surface area contributed by atoms with Crippen LogP contribution in [0.15, 0.2) is 231 Å². The highest BCUT2D eigenvalue weighted by Gasteiger charge is 2.21. The summed E-state index contributed by atoms with van der Waals surface area (Å²) >= 11 is 0. The summed E-state index contributed by atoms with van der Waals surface area (Å²) in [4.78, 5) is 0. The molecular formula is C60H38N4. The van der Waals surface area contributed by atoms with E-state index in [1.165, 1.54) is 98.4 Å². The number of hydrogen-bond acceptors (Lipinski definition) is 0. The molecule has 0 aliphatic rings. The highest BCUT2D eigenvalue weighted by Crippen LogP contribution is 2.43. The Morgan fingerprint density at radius 1 is 0.172 bits per heavy atom. The summed E-state index contributed by atoms with van der Waals surface area (Å²) in [5.74, 6) is 0. The van der Waals surface area contributed by atoms with Gasteiger partial charge in [-0.05, 0) is 120 Å². The molecule has 0 saturated carbocycles. The van der Waals surface area contributed by atoms with Crippen molar-refractivity contribution in [3.63, 3.8) is 0 Å². The van der Waals surface area contributed by atoms with Crippen molar-refractivity contribution < 1.29 is 0 Å². The van der Waals surface area contributed by atoms with Crippen molar-refractivity contribution in [2.45, 2.75) is 0 Å². The summed E-state index contributed by atoms with van der Waals surface area (Å²) < 4.78 is 9.71. The third kappa shape index (κ3) is 4.99. The van der Waals surface area contributed by atoms with Crippen LogP contribution in [0.4, 0.5) is 0 Å². The number of aromatic nitrogens is 4. The van der Waals surface area contributed by atoms with Crippen molar-refractivity contribution in [2.24, 2.45) is 0 Å². The van der Waals surface area contributed by atoms with Gasteiger partial charge in [-0.3, -0.25) is 0 Å². The molecule has 298 valence electrons. The summed E-state index contributed by atoms with van der Waals surface area (Å²) in [5.41, 5.74) is 16.5. The van der Waals surface area contributed by atoms with E-state index >= 15 is 0 Å². The molecule has 0 aliphatic carbocycles. The largest absolute Gasteiger partial charge is 0.309 e. The van der Waals surface area contributed by atoms with E-state index in [0.717, 1.165) is 22.7 Å². The molecule has 0 radical (unpaired) electrons. The van der Waals surface area contributed by atoms with Gasteiger partial charge in [-0.25, -0.2) is 0 Å². The zero-order valence-corrected chi connectivity index (χ0v) is 34.7. The van der Waals surface area contributed by atoms with Crippen LogP contribution in [-0.4, -0.2) is 18.3 Å². The SMILES string of the molecule is c1ccc(-n2c3ccccc3c3cc4c5cc(-c6ccc7c(c6)c6cc8c9ccccc9n(-c9ccccc9)c8cc6n7-c6ccccc6)ccc5n(-c5ccccc5)c4cc32)cc1. The van der Waals surface area contributed by atoms with E-state index in [1.807, 2.05) is 0 Å². The Kier molecular flexibility index (Phi) is 7.36. The number of rotatable bonds is 5. The second kappa shape index (κ2) is 13.4. The molecule has 0 amide bonds. The number of fused-ring (bicyclic) bond motifs is 12. The van der Waals surface area contributed by atoms with Gasteiger partial charge in [0.05, 0.1) is 44.1 Å². The molecule has 4 aromatic heterocycles. The van der Waals surface area contributed by atoms with E-state index in [2.05, 4.69) is 249 Å². The van der Waals surface area contributed by atoms with Crippen LogP contribution in [0.5, 0.6) is 0 Å². The topological polar surface area (TPSA) is 19.7 Å². The van der Waals surface area contributed by atoms with E-state index in [1.54, 1.807) is 0 Å². The van der Waals surface area contributed by atoms with E-state index in [4.69, 9.17) is 0 Å². The molecule has 4 nitrogen and oxygen atoms in total. The molecule has 14 aromatic rings. The fourth-order valence-electron chi connectivity index (χ4n) is 10.7. The fourth-order valence-corrected chi connectivity index (χ4v) is 10.7. The predicted octanol–water partition coefficient (Wildman–Crippen LogP) is 15.7. The molecule has 0 N–H and O–H groups in total. The molecule has 64 heavy (non-hydrogen) atoms. The summed E-state index contributed by atoms with van der Waals surface area (Å²) in [5, 5.41) is 9.95. The van der Waals surface area contributed by atoms with Gasteiger partial charge >= 0.3 is 0 Å². The quantitative estimate of drug-likeness (QED) is 0.165. The minimum Gasteiger partial charge on any atom is -0.309 e. The van der Waals surface area contributed by atoms with Crippen LogP contribution < -0.4 is 0 Å². The zero-order valence-electron chi connectivity index (χ0n) is 34.7. The Balaban J connectivity index is 1.03. The fraction of sp³-hybridized carbons (Fsp3) is 0. The Bertz CT molecular complexity index is 3880. The van der Waals surface area contributed by atoms with E-state index < -0.39 is 0 Å². The van der Waals surface area contributed by atoms with Gasteiger partial charge in [0.1, 0.15) is 0 Å². The Hall–Kier alpha value is -8.60. The lowest BCUT2D eigenvalue weighted by molar-refractivity contribution is 1.16. The van der Waals surface area contributed by atoms with Crippen molar-refractivity contribution in [1.29, 1.82) is 0 Å². The van der Waals surface area contributed by atoms with Gasteiger partial charge in [0.15, 0.2) is 0 Å². The van der Waals surface area contributed by atoms with Crippen LogP contribution >= 0.6 is 0 Å². The number of benzene rings is 10. The molecular weight excluding hydrogens is 777 g/mol. The third-order valence-corrected chi connectivity index (χ3v) is 13.5. The van der Waals surface area contributed by atoms with Crippen molar-refractivity contribution in [3.05, 3.63) is 231 Å². The number of nitrogens with zero attached hydrogens (tertiary/aromatic N) is 4. The lowest BCUT2D eigenvalue weighted by Crippen LogP contribution is -1.95. The van der Waals surface area contributed by atoms with E-state index in [9.17, 15) is 0 Å². The highest BCUT2D eigenvalue weighted by molar-refractivity contribution is 6.21. The minimum atomic E-state index is 1.15. The Morgan fingerprint density at radius 2 is 0.438 bits per heavy atom. The molecule has 4 heteroatoms. The van der Waals surface area contributed by atoms with Gasteiger partial charge < -0.3 is 18.3 Å². The summed E-state index contributed by atoms with van der Waals surface area (Å²) in [6.07, 6.45) is 0. The van der Waals surface area contributed by atoms with Crippen molar-refractivity contribution in [3.8, 4) is 33.9 Å². The minimum absolute atomic E-state index is 1.15.